The van der Waals surface area contributed by atoms with Crippen LogP contribution in [-0.2, 0) is 9.59 Å². The first-order valence-corrected chi connectivity index (χ1v) is 11.2. The van der Waals surface area contributed by atoms with Crippen LogP contribution in [-0.4, -0.2) is 50.7 Å². The second-order valence-electron chi connectivity index (χ2n) is 8.19. The molecule has 1 unspecified atom stereocenters. The number of primary amides is 1. The van der Waals surface area contributed by atoms with E-state index in [0.29, 0.717) is 0 Å². The molecule has 0 bridgehead atoms. The number of aromatic nitrogens is 3. The molecule has 2 aromatic heterocycles. The minimum Gasteiger partial charge on any atom is -0.475 e. The molecule has 0 radical (unpaired) electrons. The van der Waals surface area contributed by atoms with Gasteiger partial charge in [-0.05, 0) is 28.3 Å². The van der Waals surface area contributed by atoms with Crippen molar-refractivity contribution >= 4 is 28.9 Å². The standard InChI is InChI=1S/C23H20N6O2.C2HF3O2/c24-19(30)9-11-26-23(31)29-21-14-5-2-1-4-13(14)20-15(21)6-3-7-16(20)22-27-17-8-10-25-12-18(17)28-22;3-2(4,5)1(6)7/h1-8,10,12,21H,9,11H2,(H2,24,30)(H,27,28)(H2,26,29,31);(H,6,7). The van der Waals surface area contributed by atoms with Crippen molar-refractivity contribution in [3.8, 4) is 22.5 Å². The molecular formula is C25H21F3N6O4. The van der Waals surface area contributed by atoms with E-state index in [1.807, 2.05) is 42.5 Å². The van der Waals surface area contributed by atoms with Gasteiger partial charge in [0.05, 0.1) is 23.3 Å². The minimum atomic E-state index is -5.08. The van der Waals surface area contributed by atoms with E-state index in [1.54, 1.807) is 12.4 Å². The van der Waals surface area contributed by atoms with Crippen LogP contribution in [0.25, 0.3) is 33.5 Å². The summed E-state index contributed by atoms with van der Waals surface area (Å²) in [5, 5.41) is 12.8. The largest absolute Gasteiger partial charge is 0.490 e. The van der Waals surface area contributed by atoms with Crippen LogP contribution >= 0.6 is 0 Å². The van der Waals surface area contributed by atoms with Gasteiger partial charge in [0.2, 0.25) is 5.91 Å². The zero-order valence-corrected chi connectivity index (χ0v) is 19.5. The maximum Gasteiger partial charge on any atom is 0.490 e. The van der Waals surface area contributed by atoms with Crippen molar-refractivity contribution < 1.29 is 32.7 Å². The molecular weight excluding hydrogens is 505 g/mol. The predicted molar refractivity (Wildman–Crippen MR) is 131 cm³/mol. The van der Waals surface area contributed by atoms with Crippen molar-refractivity contribution in [1.29, 1.82) is 0 Å². The van der Waals surface area contributed by atoms with Gasteiger partial charge in [-0.25, -0.2) is 14.6 Å². The number of carbonyl (C=O) groups is 3. The first-order valence-electron chi connectivity index (χ1n) is 11.2. The molecule has 0 saturated heterocycles. The summed E-state index contributed by atoms with van der Waals surface area (Å²) in [5.74, 6) is -2.46. The molecule has 4 aromatic rings. The number of pyridine rings is 1. The molecule has 10 nitrogen and oxygen atoms in total. The number of nitrogens with zero attached hydrogens (tertiary/aromatic N) is 2. The number of alkyl halides is 3. The van der Waals surface area contributed by atoms with Crippen LogP contribution < -0.4 is 16.4 Å². The summed E-state index contributed by atoms with van der Waals surface area (Å²) in [6.45, 7) is 0.190. The van der Waals surface area contributed by atoms with E-state index in [1.165, 1.54) is 0 Å². The topological polar surface area (TPSA) is 163 Å². The number of halogens is 3. The van der Waals surface area contributed by atoms with Gasteiger partial charge < -0.3 is 26.5 Å². The fraction of sp³-hybridized carbons (Fsp3) is 0.160. The monoisotopic (exact) mass is 526 g/mol. The van der Waals surface area contributed by atoms with Crippen molar-refractivity contribution in [2.45, 2.75) is 18.6 Å². The molecule has 3 amide bonds. The number of carbonyl (C=O) groups excluding carboxylic acids is 2. The summed E-state index contributed by atoms with van der Waals surface area (Å²) in [6, 6.07) is 15.2. The third-order valence-electron chi connectivity index (χ3n) is 5.66. The Morgan fingerprint density at radius 2 is 1.71 bits per heavy atom. The summed E-state index contributed by atoms with van der Waals surface area (Å²) in [5.41, 5.74) is 11.9. The number of carboxylic acid groups (broad SMARTS) is 1. The van der Waals surface area contributed by atoms with Gasteiger partial charge in [-0.3, -0.25) is 9.78 Å². The van der Waals surface area contributed by atoms with Crippen LogP contribution in [0.1, 0.15) is 23.6 Å². The van der Waals surface area contributed by atoms with Crippen LogP contribution in [0.4, 0.5) is 18.0 Å². The average Bonchev–Trinajstić information content (AvgIpc) is 3.43. The Hall–Kier alpha value is -4.94. The van der Waals surface area contributed by atoms with Crippen LogP contribution in [0.15, 0.2) is 60.9 Å². The number of fused-ring (bicyclic) bond motifs is 4. The lowest BCUT2D eigenvalue weighted by Gasteiger charge is -2.16. The number of H-pyrrole nitrogens is 1. The molecule has 5 rings (SSSR count). The van der Waals surface area contributed by atoms with Crippen molar-refractivity contribution in [2.75, 3.05) is 6.54 Å². The molecule has 0 spiro atoms. The number of urea groups is 1. The van der Waals surface area contributed by atoms with E-state index in [-0.39, 0.29) is 25.0 Å². The van der Waals surface area contributed by atoms with E-state index in [4.69, 9.17) is 20.6 Å². The second-order valence-corrected chi connectivity index (χ2v) is 8.19. The van der Waals surface area contributed by atoms with Gasteiger partial charge in [-0.2, -0.15) is 13.2 Å². The van der Waals surface area contributed by atoms with E-state index in [0.717, 1.165) is 44.7 Å². The van der Waals surface area contributed by atoms with E-state index < -0.39 is 18.1 Å². The Labute approximate surface area is 213 Å². The lowest BCUT2D eigenvalue weighted by atomic mass is 9.99. The number of benzene rings is 2. The fourth-order valence-corrected chi connectivity index (χ4v) is 4.07. The first kappa shape index (κ1) is 26.1. The Morgan fingerprint density at radius 1 is 1.03 bits per heavy atom. The van der Waals surface area contributed by atoms with Crippen LogP contribution in [0.3, 0.4) is 0 Å². The van der Waals surface area contributed by atoms with Gasteiger partial charge in [0.1, 0.15) is 5.82 Å². The van der Waals surface area contributed by atoms with Crippen LogP contribution in [0, 0.1) is 0 Å². The Morgan fingerprint density at radius 3 is 2.39 bits per heavy atom. The summed E-state index contributed by atoms with van der Waals surface area (Å²) in [7, 11) is 0. The molecule has 2 aromatic carbocycles. The second kappa shape index (κ2) is 10.6. The van der Waals surface area contributed by atoms with E-state index in [9.17, 15) is 22.8 Å². The smallest absolute Gasteiger partial charge is 0.475 e. The SMILES string of the molecule is NC(=O)CCNC(=O)NC1c2ccccc2-c2c(-c3nc4ccncc4[nH]3)cccc21.O=C(O)C(F)(F)F. The number of aromatic amines is 1. The number of carboxylic acids is 1. The van der Waals surface area contributed by atoms with E-state index >= 15 is 0 Å². The van der Waals surface area contributed by atoms with Gasteiger partial charge in [0.15, 0.2) is 0 Å². The Balaban J connectivity index is 0.000000426. The zero-order chi connectivity index (χ0) is 27.4. The Kier molecular flexibility index (Phi) is 7.28. The third kappa shape index (κ3) is 5.56. The number of rotatable bonds is 5. The number of amides is 3. The zero-order valence-electron chi connectivity index (χ0n) is 19.5. The van der Waals surface area contributed by atoms with Gasteiger partial charge in [-0.15, -0.1) is 0 Å². The lowest BCUT2D eigenvalue weighted by Crippen LogP contribution is -2.39. The summed E-state index contributed by atoms with van der Waals surface area (Å²) < 4.78 is 31.7. The highest BCUT2D eigenvalue weighted by molar-refractivity contribution is 5.92. The predicted octanol–water partition coefficient (Wildman–Crippen LogP) is 3.50. The number of imidazole rings is 1. The third-order valence-corrected chi connectivity index (χ3v) is 5.66. The summed E-state index contributed by atoms with van der Waals surface area (Å²) in [6.07, 6.45) is -1.52. The molecule has 0 fully saturated rings. The Bertz CT molecular complexity index is 1490. The molecule has 1 aliphatic carbocycles. The number of aliphatic carboxylic acids is 1. The van der Waals surface area contributed by atoms with Crippen molar-refractivity contribution in [1.82, 2.24) is 25.6 Å². The molecule has 196 valence electrons. The molecule has 2 heterocycles. The minimum absolute atomic E-state index is 0.0936. The highest BCUT2D eigenvalue weighted by Gasteiger charge is 2.38. The molecule has 0 aliphatic heterocycles. The number of hydrogen-bond acceptors (Lipinski definition) is 5. The quantitative estimate of drug-likeness (QED) is 0.267. The lowest BCUT2D eigenvalue weighted by molar-refractivity contribution is -0.192. The van der Waals surface area contributed by atoms with Gasteiger partial charge in [-0.1, -0.05) is 42.5 Å². The van der Waals surface area contributed by atoms with Crippen LogP contribution in [0.5, 0.6) is 0 Å². The highest BCUT2D eigenvalue weighted by Crippen LogP contribution is 2.47. The fourth-order valence-electron chi connectivity index (χ4n) is 4.07. The average molecular weight is 526 g/mol. The van der Waals surface area contributed by atoms with Crippen molar-refractivity contribution in [3.05, 3.63) is 72.1 Å². The normalized spacial score (nSPS) is 13.6. The molecule has 6 N–H and O–H groups in total. The van der Waals surface area contributed by atoms with Gasteiger partial charge >= 0.3 is 18.2 Å². The van der Waals surface area contributed by atoms with Gasteiger partial charge in [0.25, 0.3) is 0 Å². The highest BCUT2D eigenvalue weighted by atomic mass is 19.4. The molecule has 13 heteroatoms. The number of nitrogens with one attached hydrogen (secondary N) is 3. The van der Waals surface area contributed by atoms with Crippen molar-refractivity contribution in [2.24, 2.45) is 5.73 Å². The van der Waals surface area contributed by atoms with Crippen LogP contribution in [0.2, 0.25) is 0 Å². The molecule has 1 aliphatic rings. The van der Waals surface area contributed by atoms with E-state index in [2.05, 4.69) is 26.7 Å². The first-order chi connectivity index (χ1) is 18.1. The molecule has 0 saturated carbocycles. The summed E-state index contributed by atoms with van der Waals surface area (Å²) in [4.78, 5) is 44.5. The summed E-state index contributed by atoms with van der Waals surface area (Å²) >= 11 is 0. The maximum absolute atomic E-state index is 12.5. The van der Waals surface area contributed by atoms with Gasteiger partial charge in [0, 0.05) is 24.7 Å². The van der Waals surface area contributed by atoms with Crippen molar-refractivity contribution in [3.63, 3.8) is 0 Å². The molecule has 1 atom stereocenters. The number of hydrogen-bond donors (Lipinski definition) is 5. The molecule has 38 heavy (non-hydrogen) atoms. The maximum atomic E-state index is 12.5. The number of nitrogens with two attached hydrogens (primary N) is 1.